The van der Waals surface area contributed by atoms with Gasteiger partial charge in [-0.05, 0) is 66.2 Å². The van der Waals surface area contributed by atoms with Crippen molar-refractivity contribution in [1.29, 1.82) is 0 Å². The van der Waals surface area contributed by atoms with E-state index in [1.54, 1.807) is 12.1 Å². The Morgan fingerprint density at radius 1 is 1.09 bits per heavy atom. The van der Waals surface area contributed by atoms with E-state index in [9.17, 15) is 4.39 Å². The molecule has 1 N–H and O–H groups in total. The molecule has 118 valence electrons. The Balaban J connectivity index is 1.94. The summed E-state index contributed by atoms with van der Waals surface area (Å²) in [7, 11) is 0. The van der Waals surface area contributed by atoms with Crippen LogP contribution in [0.4, 0.5) is 15.8 Å². The van der Waals surface area contributed by atoms with Crippen molar-refractivity contribution in [2.45, 2.75) is 19.9 Å². The molecule has 0 aliphatic rings. The highest BCUT2D eigenvalue weighted by Gasteiger charge is 2.13. The van der Waals surface area contributed by atoms with E-state index in [4.69, 9.17) is 0 Å². The van der Waals surface area contributed by atoms with Crippen molar-refractivity contribution in [2.24, 2.45) is 0 Å². The van der Waals surface area contributed by atoms with Crippen molar-refractivity contribution >= 4 is 27.3 Å². The first-order valence-corrected chi connectivity index (χ1v) is 8.20. The Labute approximate surface area is 143 Å². The lowest BCUT2D eigenvalue weighted by molar-refractivity contribution is 0.538. The van der Waals surface area contributed by atoms with Crippen molar-refractivity contribution in [3.05, 3.63) is 65.0 Å². The van der Waals surface area contributed by atoms with Crippen molar-refractivity contribution in [3.63, 3.8) is 0 Å². The molecule has 0 radical (unpaired) electrons. The lowest BCUT2D eigenvalue weighted by Gasteiger charge is -2.13. The van der Waals surface area contributed by atoms with Crippen LogP contribution in [0.15, 0.2) is 59.2 Å². The number of nitrogens with zero attached hydrogens (tertiary/aromatic N) is 2. The molecule has 0 saturated heterocycles. The lowest BCUT2D eigenvalue weighted by Crippen LogP contribution is -2.04. The maximum absolute atomic E-state index is 13.0. The molecular formula is C18H17BrFN3. The highest BCUT2D eigenvalue weighted by atomic mass is 79.9. The number of benzene rings is 2. The molecule has 0 unspecified atom stereocenters. The van der Waals surface area contributed by atoms with Gasteiger partial charge < -0.3 is 5.32 Å². The summed E-state index contributed by atoms with van der Waals surface area (Å²) in [6.45, 7) is 4.20. The van der Waals surface area contributed by atoms with Gasteiger partial charge in [0.2, 0.25) is 0 Å². The maximum atomic E-state index is 13.0. The summed E-state index contributed by atoms with van der Waals surface area (Å²) in [4.78, 5) is 0. The minimum Gasteiger partial charge on any atom is -0.356 e. The first-order chi connectivity index (χ1) is 11.0. The van der Waals surface area contributed by atoms with Crippen LogP contribution >= 0.6 is 15.9 Å². The third kappa shape index (κ3) is 3.45. The molecule has 0 aliphatic heterocycles. The summed E-state index contributed by atoms with van der Waals surface area (Å²) in [6, 6.07) is 14.7. The second-order valence-electron chi connectivity index (χ2n) is 5.59. The SMILES string of the molecule is CC(C)n1ncc(Br)c1-c1cccc(Nc2ccc(F)cc2)c1. The Bertz CT molecular complexity index is 809. The van der Waals surface area contributed by atoms with Crippen LogP contribution in [0.1, 0.15) is 19.9 Å². The predicted octanol–water partition coefficient (Wildman–Crippen LogP) is 5.78. The molecule has 1 aromatic heterocycles. The van der Waals surface area contributed by atoms with Gasteiger partial charge in [-0.1, -0.05) is 12.1 Å². The van der Waals surface area contributed by atoms with Gasteiger partial charge in [0.25, 0.3) is 0 Å². The molecule has 3 aromatic rings. The molecule has 0 saturated carbocycles. The molecule has 0 amide bonds. The summed E-state index contributed by atoms with van der Waals surface area (Å²) in [5, 5.41) is 7.71. The topological polar surface area (TPSA) is 29.9 Å². The maximum Gasteiger partial charge on any atom is 0.123 e. The summed E-state index contributed by atoms with van der Waals surface area (Å²) < 4.78 is 15.9. The molecule has 23 heavy (non-hydrogen) atoms. The van der Waals surface area contributed by atoms with Crippen molar-refractivity contribution in [2.75, 3.05) is 5.32 Å². The summed E-state index contributed by atoms with van der Waals surface area (Å²) >= 11 is 3.58. The minimum atomic E-state index is -0.242. The van der Waals surface area contributed by atoms with Crippen LogP contribution in [-0.4, -0.2) is 9.78 Å². The third-order valence-electron chi connectivity index (χ3n) is 3.51. The Kier molecular flexibility index (Phi) is 4.48. The predicted molar refractivity (Wildman–Crippen MR) is 95.4 cm³/mol. The molecule has 1 heterocycles. The fourth-order valence-electron chi connectivity index (χ4n) is 2.45. The first-order valence-electron chi connectivity index (χ1n) is 7.40. The van der Waals surface area contributed by atoms with Crippen LogP contribution < -0.4 is 5.32 Å². The quantitative estimate of drug-likeness (QED) is 0.628. The largest absolute Gasteiger partial charge is 0.356 e. The molecule has 0 aliphatic carbocycles. The first kappa shape index (κ1) is 15.7. The fourth-order valence-corrected chi connectivity index (χ4v) is 2.95. The van der Waals surface area contributed by atoms with Gasteiger partial charge in [0, 0.05) is 23.0 Å². The summed E-state index contributed by atoms with van der Waals surface area (Å²) in [6.07, 6.45) is 1.81. The Hall–Kier alpha value is -2.14. The van der Waals surface area contributed by atoms with Crippen LogP contribution in [0.2, 0.25) is 0 Å². The zero-order valence-electron chi connectivity index (χ0n) is 12.9. The fraction of sp³-hybridized carbons (Fsp3) is 0.167. The van der Waals surface area contributed by atoms with E-state index in [0.717, 1.165) is 27.1 Å². The van der Waals surface area contributed by atoms with E-state index >= 15 is 0 Å². The van der Waals surface area contributed by atoms with Gasteiger partial charge >= 0.3 is 0 Å². The molecule has 2 aromatic carbocycles. The highest BCUT2D eigenvalue weighted by Crippen LogP contribution is 2.32. The van der Waals surface area contributed by atoms with Crippen LogP contribution in [0, 0.1) is 5.82 Å². The van der Waals surface area contributed by atoms with Crippen LogP contribution in [0.3, 0.4) is 0 Å². The Morgan fingerprint density at radius 2 is 1.83 bits per heavy atom. The van der Waals surface area contributed by atoms with Crippen molar-refractivity contribution in [3.8, 4) is 11.3 Å². The van der Waals surface area contributed by atoms with Gasteiger partial charge in [0.05, 0.1) is 16.4 Å². The summed E-state index contributed by atoms with van der Waals surface area (Å²) in [5.74, 6) is -0.242. The molecule has 0 atom stereocenters. The number of hydrogen-bond donors (Lipinski definition) is 1. The second-order valence-corrected chi connectivity index (χ2v) is 6.45. The van der Waals surface area contributed by atoms with Gasteiger partial charge in [-0.15, -0.1) is 0 Å². The number of aromatic nitrogens is 2. The van der Waals surface area contributed by atoms with Gasteiger partial charge in [0.15, 0.2) is 0 Å². The number of anilines is 2. The third-order valence-corrected chi connectivity index (χ3v) is 4.09. The molecule has 3 rings (SSSR count). The Morgan fingerprint density at radius 3 is 2.52 bits per heavy atom. The smallest absolute Gasteiger partial charge is 0.123 e. The van der Waals surface area contributed by atoms with Gasteiger partial charge in [0.1, 0.15) is 5.82 Å². The zero-order valence-corrected chi connectivity index (χ0v) is 14.5. The monoisotopic (exact) mass is 373 g/mol. The molecule has 5 heteroatoms. The van der Waals surface area contributed by atoms with E-state index in [1.807, 2.05) is 23.0 Å². The van der Waals surface area contributed by atoms with E-state index < -0.39 is 0 Å². The van der Waals surface area contributed by atoms with E-state index in [2.05, 4.69) is 52.3 Å². The number of halogens is 2. The lowest BCUT2D eigenvalue weighted by atomic mass is 10.1. The van der Waals surface area contributed by atoms with Crippen LogP contribution in [0.5, 0.6) is 0 Å². The number of nitrogens with one attached hydrogen (secondary N) is 1. The summed E-state index contributed by atoms with van der Waals surface area (Å²) in [5.41, 5.74) is 3.90. The van der Waals surface area contributed by atoms with Gasteiger partial charge in [-0.25, -0.2) is 4.39 Å². The number of rotatable bonds is 4. The molecule has 0 fully saturated rings. The van der Waals surface area contributed by atoms with Gasteiger partial charge in [-0.2, -0.15) is 5.10 Å². The average Bonchev–Trinajstić information content (AvgIpc) is 2.92. The highest BCUT2D eigenvalue weighted by molar-refractivity contribution is 9.10. The molecule has 0 spiro atoms. The van der Waals surface area contributed by atoms with Crippen molar-refractivity contribution in [1.82, 2.24) is 9.78 Å². The normalized spacial score (nSPS) is 11.0. The standard InChI is InChI=1S/C18H17BrFN3/c1-12(2)23-18(17(19)11-21-23)13-4-3-5-16(10-13)22-15-8-6-14(20)7-9-15/h3-12,22H,1-2H3. The molecule has 0 bridgehead atoms. The zero-order chi connectivity index (χ0) is 16.4. The molecular weight excluding hydrogens is 357 g/mol. The van der Waals surface area contributed by atoms with E-state index in [1.165, 1.54) is 12.1 Å². The van der Waals surface area contributed by atoms with E-state index in [0.29, 0.717) is 0 Å². The van der Waals surface area contributed by atoms with Crippen LogP contribution in [0.25, 0.3) is 11.3 Å². The van der Waals surface area contributed by atoms with Crippen LogP contribution in [-0.2, 0) is 0 Å². The number of hydrogen-bond acceptors (Lipinski definition) is 2. The van der Waals surface area contributed by atoms with Crippen molar-refractivity contribution < 1.29 is 4.39 Å². The minimum absolute atomic E-state index is 0.242. The van der Waals surface area contributed by atoms with Gasteiger partial charge in [-0.3, -0.25) is 4.68 Å². The second kappa shape index (κ2) is 6.54. The molecule has 3 nitrogen and oxygen atoms in total. The van der Waals surface area contributed by atoms with E-state index in [-0.39, 0.29) is 11.9 Å². The average molecular weight is 374 g/mol.